The summed E-state index contributed by atoms with van der Waals surface area (Å²) in [5.74, 6) is 0.363. The lowest BCUT2D eigenvalue weighted by Gasteiger charge is -2.31. The van der Waals surface area contributed by atoms with Gasteiger partial charge in [-0.25, -0.2) is 0 Å². The van der Waals surface area contributed by atoms with Crippen LogP contribution in [0.1, 0.15) is 37.6 Å². The van der Waals surface area contributed by atoms with E-state index in [0.717, 1.165) is 30.3 Å². The first-order chi connectivity index (χ1) is 9.02. The average Bonchev–Trinajstić information content (AvgIpc) is 2.99. The largest absolute Gasteiger partial charge is 0.393 e. The molecule has 3 nitrogen and oxygen atoms in total. The van der Waals surface area contributed by atoms with Gasteiger partial charge in [-0.3, -0.25) is 4.90 Å². The number of aliphatic hydroxyl groups is 1. The number of halogens is 1. The molecule has 108 valence electrons. The lowest BCUT2D eigenvalue weighted by atomic mass is 10.0. The van der Waals surface area contributed by atoms with Gasteiger partial charge in [0.2, 0.25) is 0 Å². The van der Waals surface area contributed by atoms with Gasteiger partial charge in [0, 0.05) is 17.5 Å². The Balaban J connectivity index is 2.15. The molecule has 1 aliphatic heterocycles. The first-order valence-electron chi connectivity index (χ1n) is 6.95. The zero-order valence-electron chi connectivity index (χ0n) is 11.6. The zero-order valence-corrected chi connectivity index (χ0v) is 13.1. The third kappa shape index (κ3) is 3.50. The van der Waals surface area contributed by atoms with Crippen LogP contribution in [-0.4, -0.2) is 35.2 Å². The van der Waals surface area contributed by atoms with Crippen LogP contribution in [0.3, 0.4) is 0 Å². The predicted molar refractivity (Wildman–Crippen MR) is 81.7 cm³/mol. The first-order valence-corrected chi connectivity index (χ1v) is 8.15. The van der Waals surface area contributed by atoms with Crippen LogP contribution in [-0.2, 0) is 0 Å². The van der Waals surface area contributed by atoms with Crippen molar-refractivity contribution >= 4 is 22.9 Å². The quantitative estimate of drug-likeness (QED) is 0.879. The summed E-state index contributed by atoms with van der Waals surface area (Å²) in [5, 5.41) is 9.75. The van der Waals surface area contributed by atoms with Gasteiger partial charge in [-0.1, -0.05) is 18.5 Å². The number of thiophene rings is 1. The number of nitrogens with two attached hydrogens (primary N) is 1. The van der Waals surface area contributed by atoms with Crippen molar-refractivity contribution in [1.82, 2.24) is 4.90 Å². The molecule has 0 aromatic carbocycles. The Bertz CT molecular complexity index is 410. The Morgan fingerprint density at radius 3 is 2.79 bits per heavy atom. The number of nitrogens with zero attached hydrogens (tertiary/aromatic N) is 1. The molecule has 5 heteroatoms. The van der Waals surface area contributed by atoms with E-state index in [2.05, 4.69) is 17.9 Å². The number of hydrogen-bond donors (Lipinski definition) is 2. The molecule has 1 fully saturated rings. The summed E-state index contributed by atoms with van der Waals surface area (Å²) in [5.41, 5.74) is 6.32. The summed E-state index contributed by atoms with van der Waals surface area (Å²) in [7, 11) is 0. The van der Waals surface area contributed by atoms with Gasteiger partial charge in [0.25, 0.3) is 0 Å². The molecule has 0 bridgehead atoms. The van der Waals surface area contributed by atoms with E-state index in [-0.39, 0.29) is 18.2 Å². The van der Waals surface area contributed by atoms with Crippen molar-refractivity contribution in [2.24, 2.45) is 11.7 Å². The zero-order chi connectivity index (χ0) is 14.0. The van der Waals surface area contributed by atoms with Crippen molar-refractivity contribution in [3.63, 3.8) is 0 Å². The molecule has 1 saturated heterocycles. The van der Waals surface area contributed by atoms with Gasteiger partial charge in [0.15, 0.2) is 0 Å². The van der Waals surface area contributed by atoms with Crippen molar-refractivity contribution in [3.05, 3.63) is 21.3 Å². The fourth-order valence-corrected chi connectivity index (χ4v) is 4.11. The van der Waals surface area contributed by atoms with Crippen molar-refractivity contribution in [3.8, 4) is 0 Å². The molecule has 1 aromatic rings. The van der Waals surface area contributed by atoms with Crippen LogP contribution in [0.4, 0.5) is 0 Å². The van der Waals surface area contributed by atoms with Gasteiger partial charge in [0.05, 0.1) is 16.5 Å². The van der Waals surface area contributed by atoms with Gasteiger partial charge >= 0.3 is 0 Å². The topological polar surface area (TPSA) is 49.5 Å². The van der Waals surface area contributed by atoms with Gasteiger partial charge in [-0.2, -0.15) is 0 Å². The second kappa shape index (κ2) is 6.55. The predicted octanol–water partition coefficient (Wildman–Crippen LogP) is 2.88. The van der Waals surface area contributed by atoms with E-state index in [0.29, 0.717) is 5.92 Å². The first kappa shape index (κ1) is 15.3. The molecular formula is C14H23ClN2OS. The Morgan fingerprint density at radius 1 is 1.58 bits per heavy atom. The highest BCUT2D eigenvalue weighted by Gasteiger charge is 2.34. The lowest BCUT2D eigenvalue weighted by Crippen LogP contribution is -2.39. The third-order valence-corrected chi connectivity index (χ3v) is 5.40. The summed E-state index contributed by atoms with van der Waals surface area (Å²) >= 11 is 7.67. The smallest absolute Gasteiger partial charge is 0.0931 e. The van der Waals surface area contributed by atoms with Crippen molar-refractivity contribution < 1.29 is 5.11 Å². The fourth-order valence-electron chi connectivity index (χ4n) is 2.83. The summed E-state index contributed by atoms with van der Waals surface area (Å²) in [6.07, 6.45) is 1.75. The van der Waals surface area contributed by atoms with E-state index < -0.39 is 0 Å². The Hall–Kier alpha value is -0.130. The van der Waals surface area contributed by atoms with Crippen LogP contribution in [0.15, 0.2) is 12.1 Å². The van der Waals surface area contributed by atoms with Crippen molar-refractivity contribution in [1.29, 1.82) is 0 Å². The third-order valence-electron chi connectivity index (χ3n) is 4.09. The van der Waals surface area contributed by atoms with E-state index in [9.17, 15) is 5.11 Å². The van der Waals surface area contributed by atoms with E-state index in [4.69, 9.17) is 17.3 Å². The molecule has 4 unspecified atom stereocenters. The minimum atomic E-state index is -0.240. The molecule has 2 heterocycles. The maximum atomic E-state index is 9.75. The van der Waals surface area contributed by atoms with Crippen molar-refractivity contribution in [2.75, 3.05) is 13.1 Å². The Labute approximate surface area is 124 Å². The second-order valence-corrected chi connectivity index (χ2v) is 7.19. The fraction of sp³-hybridized carbons (Fsp3) is 0.714. The number of likely N-dealkylation sites (tertiary alicyclic amines) is 1. The minimum Gasteiger partial charge on any atom is -0.393 e. The lowest BCUT2D eigenvalue weighted by molar-refractivity contribution is 0.118. The molecule has 3 N–H and O–H groups in total. The number of aliphatic hydroxyl groups excluding tert-OH is 1. The van der Waals surface area contributed by atoms with Crippen molar-refractivity contribution in [2.45, 2.75) is 44.9 Å². The molecule has 1 aromatic heterocycles. The van der Waals surface area contributed by atoms with Gasteiger partial charge in [-0.15, -0.1) is 11.3 Å². The Morgan fingerprint density at radius 2 is 2.32 bits per heavy atom. The highest BCUT2D eigenvalue weighted by molar-refractivity contribution is 7.16. The molecular weight excluding hydrogens is 280 g/mol. The van der Waals surface area contributed by atoms with E-state index in [1.807, 2.05) is 13.0 Å². The number of rotatable bonds is 5. The van der Waals surface area contributed by atoms with E-state index in [1.54, 1.807) is 11.3 Å². The molecule has 0 aliphatic carbocycles. The standard InChI is InChI=1S/C14H23ClN2OS/c1-3-11(16)14(12-4-5-13(15)19-12)17-7-6-10(8-17)9(2)18/h4-5,9-11,14,18H,3,6-8,16H2,1-2H3. The molecule has 2 rings (SSSR count). The highest BCUT2D eigenvalue weighted by Crippen LogP contribution is 2.36. The van der Waals surface area contributed by atoms with Crippen LogP contribution in [0.25, 0.3) is 0 Å². The second-order valence-electron chi connectivity index (χ2n) is 5.44. The van der Waals surface area contributed by atoms with Crippen LogP contribution < -0.4 is 5.73 Å². The van der Waals surface area contributed by atoms with Crippen LogP contribution in [0.2, 0.25) is 4.34 Å². The number of hydrogen-bond acceptors (Lipinski definition) is 4. The molecule has 0 saturated carbocycles. The molecule has 19 heavy (non-hydrogen) atoms. The maximum absolute atomic E-state index is 9.75. The molecule has 4 atom stereocenters. The summed E-state index contributed by atoms with van der Waals surface area (Å²) < 4.78 is 0.814. The van der Waals surface area contributed by atoms with Crippen LogP contribution in [0.5, 0.6) is 0 Å². The summed E-state index contributed by atoms with van der Waals surface area (Å²) in [6.45, 7) is 5.93. The van der Waals surface area contributed by atoms with Gasteiger partial charge in [-0.05, 0) is 44.4 Å². The molecule has 1 aliphatic rings. The molecule has 0 spiro atoms. The average molecular weight is 303 g/mol. The van der Waals surface area contributed by atoms with Gasteiger partial charge < -0.3 is 10.8 Å². The highest BCUT2D eigenvalue weighted by atomic mass is 35.5. The van der Waals surface area contributed by atoms with E-state index in [1.165, 1.54) is 4.88 Å². The van der Waals surface area contributed by atoms with Gasteiger partial charge in [0.1, 0.15) is 0 Å². The Kier molecular flexibility index (Phi) is 5.26. The monoisotopic (exact) mass is 302 g/mol. The van der Waals surface area contributed by atoms with Crippen LogP contribution >= 0.6 is 22.9 Å². The SMILES string of the molecule is CCC(N)C(c1ccc(Cl)s1)N1CCC(C(C)O)C1. The molecule has 0 amide bonds. The van der Waals surface area contributed by atoms with E-state index >= 15 is 0 Å². The summed E-state index contributed by atoms with van der Waals surface area (Å²) in [4.78, 5) is 3.65. The minimum absolute atomic E-state index is 0.113. The normalized spacial score (nSPS) is 25.4. The molecule has 0 radical (unpaired) electrons. The maximum Gasteiger partial charge on any atom is 0.0931 e. The van der Waals surface area contributed by atoms with Crippen LogP contribution in [0, 0.1) is 5.92 Å². The summed E-state index contributed by atoms with van der Waals surface area (Å²) in [6, 6.07) is 4.37.